The minimum atomic E-state index is -3.67. The molecular formula is C16H25Cl2N3O2S. The highest BCUT2D eigenvalue weighted by atomic mass is 35.5. The van der Waals surface area contributed by atoms with E-state index in [0.29, 0.717) is 22.7 Å². The highest BCUT2D eigenvalue weighted by Gasteiger charge is 2.23. The molecule has 0 unspecified atom stereocenters. The monoisotopic (exact) mass is 393 g/mol. The third-order valence-electron chi connectivity index (χ3n) is 4.40. The third kappa shape index (κ3) is 4.84. The maximum absolute atomic E-state index is 12.6. The van der Waals surface area contributed by atoms with E-state index in [0.717, 1.165) is 39.1 Å². The van der Waals surface area contributed by atoms with Crippen molar-refractivity contribution < 1.29 is 8.42 Å². The zero-order chi connectivity index (χ0) is 17.9. The summed E-state index contributed by atoms with van der Waals surface area (Å²) >= 11 is 12.3. The van der Waals surface area contributed by atoms with Crippen molar-refractivity contribution in [2.45, 2.75) is 25.2 Å². The number of rotatable bonds is 6. The number of hydrogen-bond acceptors (Lipinski definition) is 4. The summed E-state index contributed by atoms with van der Waals surface area (Å²) in [5.74, 6) is 0. The van der Waals surface area contributed by atoms with Gasteiger partial charge in [0.1, 0.15) is 4.90 Å². The fourth-order valence-corrected chi connectivity index (χ4v) is 5.07. The molecule has 136 valence electrons. The van der Waals surface area contributed by atoms with E-state index < -0.39 is 10.0 Å². The summed E-state index contributed by atoms with van der Waals surface area (Å²) in [6, 6.07) is 1.69. The van der Waals surface area contributed by atoms with Crippen LogP contribution in [-0.4, -0.2) is 64.5 Å². The lowest BCUT2D eigenvalue weighted by Crippen LogP contribution is -2.45. The van der Waals surface area contributed by atoms with E-state index in [4.69, 9.17) is 23.2 Å². The fraction of sp³-hybridized carbons (Fsp3) is 0.625. The van der Waals surface area contributed by atoms with Gasteiger partial charge in [-0.25, -0.2) is 13.1 Å². The number of nitrogens with one attached hydrogen (secondary N) is 1. The highest BCUT2D eigenvalue weighted by Crippen LogP contribution is 2.33. The van der Waals surface area contributed by atoms with Gasteiger partial charge in [0.25, 0.3) is 0 Å². The molecule has 5 nitrogen and oxygen atoms in total. The number of halogens is 2. The molecule has 1 aliphatic heterocycles. The lowest BCUT2D eigenvalue weighted by molar-refractivity contribution is 0.153. The molecule has 0 spiro atoms. The van der Waals surface area contributed by atoms with Gasteiger partial charge in [-0.2, -0.15) is 0 Å². The highest BCUT2D eigenvalue weighted by molar-refractivity contribution is 7.89. The third-order valence-corrected chi connectivity index (χ3v) is 7.02. The van der Waals surface area contributed by atoms with Crippen LogP contribution in [0.5, 0.6) is 0 Å². The van der Waals surface area contributed by atoms with Crippen LogP contribution in [-0.2, 0) is 10.0 Å². The minimum Gasteiger partial charge on any atom is -0.304 e. The summed E-state index contributed by atoms with van der Waals surface area (Å²) in [6.45, 7) is 8.87. The first-order valence-corrected chi connectivity index (χ1v) is 10.3. The lowest BCUT2D eigenvalue weighted by atomic mass is 10.2. The number of sulfonamides is 1. The van der Waals surface area contributed by atoms with Gasteiger partial charge in [0.15, 0.2) is 0 Å². The number of hydrogen-bond donors (Lipinski definition) is 1. The predicted octanol–water partition coefficient (Wildman–Crippen LogP) is 2.53. The van der Waals surface area contributed by atoms with Crippen LogP contribution >= 0.6 is 23.2 Å². The molecule has 0 radical (unpaired) electrons. The van der Waals surface area contributed by atoms with Crippen molar-refractivity contribution in [3.8, 4) is 0 Å². The van der Waals surface area contributed by atoms with Gasteiger partial charge in [0.2, 0.25) is 10.0 Å². The minimum absolute atomic E-state index is 0.0914. The molecule has 1 N–H and O–H groups in total. The first-order valence-electron chi connectivity index (χ1n) is 8.08. The van der Waals surface area contributed by atoms with Crippen LogP contribution in [0.25, 0.3) is 0 Å². The molecule has 0 saturated carbocycles. The van der Waals surface area contributed by atoms with Crippen LogP contribution in [0.3, 0.4) is 0 Å². The largest absolute Gasteiger partial charge is 0.304 e. The summed E-state index contributed by atoms with van der Waals surface area (Å²) in [7, 11) is -1.56. The summed E-state index contributed by atoms with van der Waals surface area (Å²) in [5.41, 5.74) is 1.14. The van der Waals surface area contributed by atoms with E-state index in [9.17, 15) is 8.42 Å². The van der Waals surface area contributed by atoms with Crippen molar-refractivity contribution in [1.82, 2.24) is 14.5 Å². The molecule has 2 rings (SSSR count). The van der Waals surface area contributed by atoms with Crippen LogP contribution in [0.1, 0.15) is 17.5 Å². The zero-order valence-electron chi connectivity index (χ0n) is 14.4. The van der Waals surface area contributed by atoms with Crippen molar-refractivity contribution in [2.24, 2.45) is 0 Å². The van der Waals surface area contributed by atoms with E-state index in [1.165, 1.54) is 0 Å². The molecule has 24 heavy (non-hydrogen) atoms. The molecule has 0 aromatic heterocycles. The molecule has 0 atom stereocenters. The Labute approximate surface area is 155 Å². The fourth-order valence-electron chi connectivity index (χ4n) is 2.79. The van der Waals surface area contributed by atoms with Crippen molar-refractivity contribution in [3.05, 3.63) is 27.2 Å². The second-order valence-electron chi connectivity index (χ2n) is 6.34. The lowest BCUT2D eigenvalue weighted by Gasteiger charge is -2.32. The maximum Gasteiger partial charge on any atom is 0.242 e. The van der Waals surface area contributed by atoms with E-state index in [-0.39, 0.29) is 9.92 Å². The molecule has 0 aliphatic carbocycles. The van der Waals surface area contributed by atoms with Gasteiger partial charge in [0.05, 0.1) is 5.02 Å². The zero-order valence-corrected chi connectivity index (χ0v) is 16.7. The molecule has 1 saturated heterocycles. The first kappa shape index (κ1) is 19.9. The van der Waals surface area contributed by atoms with Gasteiger partial charge < -0.3 is 9.80 Å². The summed E-state index contributed by atoms with van der Waals surface area (Å²) < 4.78 is 27.8. The Hall–Kier alpha value is -0.370. The van der Waals surface area contributed by atoms with Crippen molar-refractivity contribution >= 4 is 33.2 Å². The Bertz CT molecular complexity index is 661. The molecule has 0 amide bonds. The van der Waals surface area contributed by atoms with Gasteiger partial charge in [-0.1, -0.05) is 23.2 Å². The molecule has 0 bridgehead atoms. The van der Waals surface area contributed by atoms with Crippen molar-refractivity contribution in [2.75, 3.05) is 46.3 Å². The number of piperazine rings is 1. The molecule has 1 heterocycles. The molecule has 1 aromatic rings. The first-order chi connectivity index (χ1) is 11.2. The Morgan fingerprint density at radius 2 is 1.79 bits per heavy atom. The van der Waals surface area contributed by atoms with Gasteiger partial charge >= 0.3 is 0 Å². The van der Waals surface area contributed by atoms with Crippen molar-refractivity contribution in [1.29, 1.82) is 0 Å². The standard InChI is InChI=1S/C16H25Cl2N3O2S/c1-12-11-14(17)13(2)16(15(12)18)24(22,23)19-5-4-6-21-9-7-20(3)8-10-21/h11,19H,4-10H2,1-3H3. The summed E-state index contributed by atoms with van der Waals surface area (Å²) in [5, 5.41) is 0.651. The number of aryl methyl sites for hydroxylation is 1. The molecule has 1 aliphatic rings. The SMILES string of the molecule is Cc1cc(Cl)c(C)c(S(=O)(=O)NCCCN2CCN(C)CC2)c1Cl. The Balaban J connectivity index is 1.95. The average Bonchev–Trinajstić information content (AvgIpc) is 2.51. The van der Waals surface area contributed by atoms with Gasteiger partial charge in [-0.3, -0.25) is 0 Å². The van der Waals surface area contributed by atoms with E-state index >= 15 is 0 Å². The van der Waals surface area contributed by atoms with Crippen LogP contribution in [0.2, 0.25) is 10.0 Å². The van der Waals surface area contributed by atoms with Gasteiger partial charge in [-0.05, 0) is 51.1 Å². The predicted molar refractivity (Wildman–Crippen MR) is 99.7 cm³/mol. The Morgan fingerprint density at radius 3 is 2.42 bits per heavy atom. The molecule has 1 aromatic carbocycles. The van der Waals surface area contributed by atoms with Crippen LogP contribution in [0, 0.1) is 13.8 Å². The van der Waals surface area contributed by atoms with E-state index in [1.54, 1.807) is 19.9 Å². The van der Waals surface area contributed by atoms with Gasteiger partial charge in [-0.15, -0.1) is 0 Å². The topological polar surface area (TPSA) is 52.7 Å². The smallest absolute Gasteiger partial charge is 0.242 e. The summed E-state index contributed by atoms with van der Waals surface area (Å²) in [6.07, 6.45) is 0.763. The van der Waals surface area contributed by atoms with E-state index in [1.807, 2.05) is 0 Å². The second kappa shape index (κ2) is 8.34. The second-order valence-corrected chi connectivity index (χ2v) is 8.83. The van der Waals surface area contributed by atoms with E-state index in [2.05, 4.69) is 21.6 Å². The number of nitrogens with zero attached hydrogens (tertiary/aromatic N) is 2. The summed E-state index contributed by atoms with van der Waals surface area (Å²) in [4.78, 5) is 4.75. The maximum atomic E-state index is 12.6. The van der Waals surface area contributed by atoms with Gasteiger partial charge in [0, 0.05) is 37.7 Å². The van der Waals surface area contributed by atoms with Crippen LogP contribution in [0.15, 0.2) is 11.0 Å². The van der Waals surface area contributed by atoms with Crippen molar-refractivity contribution in [3.63, 3.8) is 0 Å². The quantitative estimate of drug-likeness (QED) is 0.754. The molecule has 1 fully saturated rings. The van der Waals surface area contributed by atoms with Crippen LogP contribution < -0.4 is 4.72 Å². The molecule has 8 heteroatoms. The number of likely N-dealkylation sites (N-methyl/N-ethyl adjacent to an activating group) is 1. The normalized spacial score (nSPS) is 17.4. The van der Waals surface area contributed by atoms with Crippen LogP contribution in [0.4, 0.5) is 0 Å². The average molecular weight is 394 g/mol. The Kier molecular flexibility index (Phi) is 6.93. The number of benzene rings is 1. The Morgan fingerprint density at radius 1 is 1.17 bits per heavy atom. The molecular weight excluding hydrogens is 369 g/mol.